The lowest BCUT2D eigenvalue weighted by Gasteiger charge is -2.11. The summed E-state index contributed by atoms with van der Waals surface area (Å²) in [6.07, 6.45) is 2.27. The van der Waals surface area contributed by atoms with Crippen LogP contribution in [0.15, 0.2) is 51.2 Å². The molecule has 3 N–H and O–H groups in total. The number of allylic oxidation sites excluding steroid dienone is 2. The monoisotopic (exact) mass is 352 g/mol. The van der Waals surface area contributed by atoms with Gasteiger partial charge in [0.15, 0.2) is 5.43 Å². The van der Waals surface area contributed by atoms with E-state index in [1.807, 2.05) is 19.9 Å². The van der Waals surface area contributed by atoms with E-state index >= 15 is 0 Å². The van der Waals surface area contributed by atoms with Gasteiger partial charge >= 0.3 is 0 Å². The van der Waals surface area contributed by atoms with E-state index in [2.05, 4.69) is 0 Å². The van der Waals surface area contributed by atoms with E-state index in [0.29, 0.717) is 28.9 Å². The van der Waals surface area contributed by atoms with Gasteiger partial charge in [0.05, 0.1) is 0 Å². The molecule has 0 aliphatic carbocycles. The number of benzene rings is 2. The number of hydrogen-bond acceptors (Lipinski definition) is 5. The molecule has 0 aliphatic heterocycles. The van der Waals surface area contributed by atoms with Gasteiger partial charge in [-0.3, -0.25) is 4.79 Å². The maximum Gasteiger partial charge on any atom is 0.197 e. The molecule has 0 saturated heterocycles. The summed E-state index contributed by atoms with van der Waals surface area (Å²) in [4.78, 5) is 12.6. The van der Waals surface area contributed by atoms with E-state index in [1.54, 1.807) is 19.1 Å². The molecule has 3 aromatic rings. The molecular formula is C21H20O5. The van der Waals surface area contributed by atoms with Crippen LogP contribution >= 0.6 is 0 Å². The zero-order chi connectivity index (χ0) is 19.0. The summed E-state index contributed by atoms with van der Waals surface area (Å²) in [6, 6.07) is 7.34. The van der Waals surface area contributed by atoms with E-state index in [0.717, 1.165) is 11.6 Å². The van der Waals surface area contributed by atoms with Crippen molar-refractivity contribution in [1.82, 2.24) is 0 Å². The number of aryl methyl sites for hydroxylation is 1. The average Bonchev–Trinajstić information content (AvgIpc) is 2.56. The average molecular weight is 352 g/mol. The van der Waals surface area contributed by atoms with Gasteiger partial charge in [0, 0.05) is 23.3 Å². The second-order valence-corrected chi connectivity index (χ2v) is 6.56. The lowest BCUT2D eigenvalue weighted by Crippen LogP contribution is -2.03. The quantitative estimate of drug-likeness (QED) is 0.608. The van der Waals surface area contributed by atoms with Crippen molar-refractivity contribution in [3.63, 3.8) is 0 Å². The van der Waals surface area contributed by atoms with Gasteiger partial charge in [-0.15, -0.1) is 0 Å². The third-order valence-corrected chi connectivity index (χ3v) is 4.26. The molecule has 0 aliphatic rings. The minimum atomic E-state index is -0.400. The van der Waals surface area contributed by atoms with E-state index in [4.69, 9.17) is 4.42 Å². The van der Waals surface area contributed by atoms with Crippen molar-refractivity contribution in [3.8, 4) is 28.6 Å². The van der Waals surface area contributed by atoms with Gasteiger partial charge in [0.1, 0.15) is 34.0 Å². The first-order valence-corrected chi connectivity index (χ1v) is 8.23. The molecule has 26 heavy (non-hydrogen) atoms. The first-order valence-electron chi connectivity index (χ1n) is 8.23. The van der Waals surface area contributed by atoms with Crippen LogP contribution in [0.1, 0.15) is 25.0 Å². The Morgan fingerprint density at radius 1 is 1.04 bits per heavy atom. The van der Waals surface area contributed by atoms with Gasteiger partial charge in [0.25, 0.3) is 0 Å². The molecule has 0 bridgehead atoms. The van der Waals surface area contributed by atoms with E-state index in [1.165, 1.54) is 12.1 Å². The minimum absolute atomic E-state index is 0.0409. The molecule has 0 fully saturated rings. The maximum atomic E-state index is 12.6. The van der Waals surface area contributed by atoms with Crippen LogP contribution in [0.2, 0.25) is 0 Å². The van der Waals surface area contributed by atoms with Crippen molar-refractivity contribution < 1.29 is 19.7 Å². The highest BCUT2D eigenvalue weighted by Gasteiger charge is 2.18. The standard InChI is InChI=1S/C21H20O5/c1-11(2)4-6-14-16(23)9-17(24)20-18(25)10-19(26-21(14)20)13-5-7-15(22)12(3)8-13/h4-5,7-10,22-24H,6H2,1-3H3. The lowest BCUT2D eigenvalue weighted by molar-refractivity contribution is 0.448. The van der Waals surface area contributed by atoms with Crippen molar-refractivity contribution in [2.45, 2.75) is 27.2 Å². The van der Waals surface area contributed by atoms with Gasteiger partial charge < -0.3 is 19.7 Å². The number of aromatic hydroxyl groups is 3. The van der Waals surface area contributed by atoms with Gasteiger partial charge in [-0.25, -0.2) is 0 Å². The van der Waals surface area contributed by atoms with Gasteiger partial charge in [-0.05, 0) is 51.0 Å². The minimum Gasteiger partial charge on any atom is -0.508 e. The van der Waals surface area contributed by atoms with Crippen molar-refractivity contribution in [3.05, 3.63) is 63.3 Å². The van der Waals surface area contributed by atoms with E-state index < -0.39 is 5.43 Å². The maximum absolute atomic E-state index is 12.6. The lowest BCUT2D eigenvalue weighted by atomic mass is 10.0. The summed E-state index contributed by atoms with van der Waals surface area (Å²) >= 11 is 0. The van der Waals surface area contributed by atoms with Crippen LogP contribution in [0.5, 0.6) is 17.2 Å². The van der Waals surface area contributed by atoms with Crippen molar-refractivity contribution >= 4 is 11.0 Å². The van der Waals surface area contributed by atoms with Gasteiger partial charge in [-0.2, -0.15) is 0 Å². The smallest absolute Gasteiger partial charge is 0.197 e. The molecule has 0 saturated carbocycles. The zero-order valence-electron chi connectivity index (χ0n) is 14.8. The highest BCUT2D eigenvalue weighted by molar-refractivity contribution is 5.89. The van der Waals surface area contributed by atoms with Crippen molar-refractivity contribution in [1.29, 1.82) is 0 Å². The molecule has 0 radical (unpaired) electrons. The van der Waals surface area contributed by atoms with Crippen LogP contribution < -0.4 is 5.43 Å². The fourth-order valence-corrected chi connectivity index (χ4v) is 2.81. The molecule has 0 unspecified atom stereocenters. The molecule has 5 heteroatoms. The van der Waals surface area contributed by atoms with Crippen LogP contribution in [-0.2, 0) is 6.42 Å². The Balaban J connectivity index is 2.31. The summed E-state index contributed by atoms with van der Waals surface area (Å²) in [5, 5.41) is 30.1. The molecule has 134 valence electrons. The second kappa shape index (κ2) is 6.59. The predicted molar refractivity (Wildman–Crippen MR) is 101 cm³/mol. The SMILES string of the molecule is CC(C)=CCc1c(O)cc(O)c2c(=O)cc(-c3ccc(O)c(C)c3)oc12. The number of rotatable bonds is 3. The Hall–Kier alpha value is -3.21. The molecule has 0 atom stereocenters. The first-order chi connectivity index (χ1) is 12.3. The molecule has 3 rings (SSSR count). The van der Waals surface area contributed by atoms with E-state index in [-0.39, 0.29) is 28.2 Å². The Morgan fingerprint density at radius 3 is 2.42 bits per heavy atom. The molecule has 2 aromatic carbocycles. The largest absolute Gasteiger partial charge is 0.508 e. The third kappa shape index (κ3) is 3.16. The summed E-state index contributed by atoms with van der Waals surface area (Å²) in [5.74, 6) is 0.000737. The fraction of sp³-hybridized carbons (Fsp3) is 0.190. The molecule has 0 amide bonds. The summed E-state index contributed by atoms with van der Waals surface area (Å²) in [6.45, 7) is 5.61. The first kappa shape index (κ1) is 17.6. The van der Waals surface area contributed by atoms with Crippen molar-refractivity contribution in [2.24, 2.45) is 0 Å². The summed E-state index contributed by atoms with van der Waals surface area (Å²) in [5.41, 5.74) is 2.52. The Morgan fingerprint density at radius 2 is 1.77 bits per heavy atom. The second-order valence-electron chi connectivity index (χ2n) is 6.56. The molecule has 1 heterocycles. The number of hydrogen-bond donors (Lipinski definition) is 3. The van der Waals surface area contributed by atoms with Gasteiger partial charge in [0.2, 0.25) is 0 Å². The van der Waals surface area contributed by atoms with Crippen LogP contribution in [0.3, 0.4) is 0 Å². The Kier molecular flexibility index (Phi) is 4.47. The molecule has 1 aromatic heterocycles. The zero-order valence-corrected chi connectivity index (χ0v) is 14.8. The highest BCUT2D eigenvalue weighted by Crippen LogP contribution is 2.36. The van der Waals surface area contributed by atoms with Crippen LogP contribution in [-0.4, -0.2) is 15.3 Å². The third-order valence-electron chi connectivity index (χ3n) is 4.26. The molecule has 0 spiro atoms. The summed E-state index contributed by atoms with van der Waals surface area (Å²) < 4.78 is 5.92. The fourth-order valence-electron chi connectivity index (χ4n) is 2.81. The number of phenolic OH excluding ortho intramolecular Hbond substituents is 3. The normalized spacial score (nSPS) is 10.9. The van der Waals surface area contributed by atoms with E-state index in [9.17, 15) is 20.1 Å². The number of fused-ring (bicyclic) bond motifs is 1. The summed E-state index contributed by atoms with van der Waals surface area (Å²) in [7, 11) is 0. The highest BCUT2D eigenvalue weighted by atomic mass is 16.3. The molecule has 5 nitrogen and oxygen atoms in total. The van der Waals surface area contributed by atoms with Crippen LogP contribution in [0.4, 0.5) is 0 Å². The van der Waals surface area contributed by atoms with Crippen LogP contribution in [0, 0.1) is 6.92 Å². The predicted octanol–water partition coefficient (Wildman–Crippen LogP) is 4.39. The van der Waals surface area contributed by atoms with Crippen molar-refractivity contribution in [2.75, 3.05) is 0 Å². The Labute approximate surface area is 150 Å². The molecular weight excluding hydrogens is 332 g/mol. The van der Waals surface area contributed by atoms with Crippen LogP contribution in [0.25, 0.3) is 22.3 Å². The van der Waals surface area contributed by atoms with Gasteiger partial charge in [-0.1, -0.05) is 11.6 Å². The topological polar surface area (TPSA) is 90.9 Å². The Bertz CT molecular complexity index is 1090. The number of phenols is 3.